The van der Waals surface area contributed by atoms with Crippen molar-refractivity contribution in [3.63, 3.8) is 0 Å². The molecular weight excluding hydrogens is 346 g/mol. The maximum atomic E-state index is 12.7. The van der Waals surface area contributed by atoms with Crippen LogP contribution in [0.15, 0.2) is 53.1 Å². The average Bonchev–Trinajstić information content (AvgIpc) is 2.86. The van der Waals surface area contributed by atoms with Gasteiger partial charge in [-0.3, -0.25) is 4.79 Å². The SMILES string of the molecule is Cc1ccn2c(C(=O)c3ccc(Br)cc3)cc(C(=O)O)c2c1. The molecule has 0 bridgehead atoms. The van der Waals surface area contributed by atoms with Crippen molar-refractivity contribution in [3.8, 4) is 0 Å². The van der Waals surface area contributed by atoms with Crippen LogP contribution in [-0.4, -0.2) is 21.3 Å². The zero-order valence-corrected chi connectivity index (χ0v) is 13.3. The first kappa shape index (κ1) is 14.5. The number of hydrogen-bond acceptors (Lipinski definition) is 2. The molecule has 0 radical (unpaired) electrons. The number of halogens is 1. The van der Waals surface area contributed by atoms with Crippen LogP contribution in [0.4, 0.5) is 0 Å². The van der Waals surface area contributed by atoms with E-state index in [0.717, 1.165) is 10.0 Å². The highest BCUT2D eigenvalue weighted by molar-refractivity contribution is 9.10. The van der Waals surface area contributed by atoms with E-state index in [2.05, 4.69) is 15.9 Å². The molecule has 0 saturated carbocycles. The molecule has 22 heavy (non-hydrogen) atoms. The van der Waals surface area contributed by atoms with Crippen LogP contribution in [0.3, 0.4) is 0 Å². The highest BCUT2D eigenvalue weighted by atomic mass is 79.9. The fraction of sp³-hybridized carbons (Fsp3) is 0.0588. The molecule has 0 aliphatic rings. The van der Waals surface area contributed by atoms with Gasteiger partial charge >= 0.3 is 5.97 Å². The zero-order chi connectivity index (χ0) is 15.9. The summed E-state index contributed by atoms with van der Waals surface area (Å²) in [5.74, 6) is -1.25. The van der Waals surface area contributed by atoms with Crippen molar-refractivity contribution < 1.29 is 14.7 Å². The number of aryl methyl sites for hydroxylation is 1. The van der Waals surface area contributed by atoms with Crippen LogP contribution in [-0.2, 0) is 0 Å². The summed E-state index contributed by atoms with van der Waals surface area (Å²) in [4.78, 5) is 24.1. The van der Waals surface area contributed by atoms with E-state index >= 15 is 0 Å². The monoisotopic (exact) mass is 357 g/mol. The molecule has 0 aliphatic carbocycles. The maximum absolute atomic E-state index is 12.7. The molecule has 3 aromatic rings. The standard InChI is InChI=1S/C17H12BrNO3/c1-10-6-7-19-14(8-10)13(17(21)22)9-15(19)16(20)11-2-4-12(18)5-3-11/h2-9H,1H3,(H,21,22). The molecule has 4 nitrogen and oxygen atoms in total. The molecule has 1 N–H and O–H groups in total. The number of ketones is 1. The number of rotatable bonds is 3. The molecular formula is C17H12BrNO3. The number of benzene rings is 1. The van der Waals surface area contributed by atoms with Gasteiger partial charge in [0.2, 0.25) is 5.78 Å². The van der Waals surface area contributed by atoms with Crippen LogP contribution < -0.4 is 0 Å². The number of carboxylic acids is 1. The first-order valence-electron chi connectivity index (χ1n) is 6.62. The Labute approximate surface area is 135 Å². The van der Waals surface area contributed by atoms with E-state index in [9.17, 15) is 14.7 Å². The second-order valence-corrected chi connectivity index (χ2v) is 5.96. The number of aromatic carboxylic acids is 1. The third-order valence-corrected chi connectivity index (χ3v) is 4.03. The Morgan fingerprint density at radius 2 is 1.77 bits per heavy atom. The van der Waals surface area contributed by atoms with Gasteiger partial charge in [0.05, 0.1) is 16.8 Å². The van der Waals surface area contributed by atoms with Crippen molar-refractivity contribution >= 4 is 33.2 Å². The molecule has 3 rings (SSSR count). The van der Waals surface area contributed by atoms with Crippen molar-refractivity contribution in [2.24, 2.45) is 0 Å². The summed E-state index contributed by atoms with van der Waals surface area (Å²) in [5, 5.41) is 9.34. The summed E-state index contributed by atoms with van der Waals surface area (Å²) in [6.07, 6.45) is 1.73. The molecule has 2 heterocycles. The zero-order valence-electron chi connectivity index (χ0n) is 11.7. The lowest BCUT2D eigenvalue weighted by atomic mass is 10.1. The highest BCUT2D eigenvalue weighted by Crippen LogP contribution is 2.22. The average molecular weight is 358 g/mol. The van der Waals surface area contributed by atoms with Crippen molar-refractivity contribution in [2.75, 3.05) is 0 Å². The third kappa shape index (κ3) is 2.44. The number of hydrogen-bond donors (Lipinski definition) is 1. The Balaban J connectivity index is 2.20. The molecule has 0 aliphatic heterocycles. The summed E-state index contributed by atoms with van der Waals surface area (Å²) < 4.78 is 2.51. The summed E-state index contributed by atoms with van der Waals surface area (Å²) >= 11 is 3.33. The van der Waals surface area contributed by atoms with E-state index in [1.165, 1.54) is 6.07 Å². The predicted molar refractivity (Wildman–Crippen MR) is 86.7 cm³/mol. The second-order valence-electron chi connectivity index (χ2n) is 5.04. The van der Waals surface area contributed by atoms with Gasteiger partial charge in [-0.2, -0.15) is 0 Å². The lowest BCUT2D eigenvalue weighted by Gasteiger charge is -2.03. The maximum Gasteiger partial charge on any atom is 0.337 e. The summed E-state index contributed by atoms with van der Waals surface area (Å²) in [5.41, 5.74) is 2.45. The second kappa shape index (κ2) is 5.42. The molecule has 0 spiro atoms. The van der Waals surface area contributed by atoms with Gasteiger partial charge in [0.15, 0.2) is 0 Å². The minimum atomic E-state index is -1.04. The molecule has 0 atom stereocenters. The first-order chi connectivity index (χ1) is 10.5. The van der Waals surface area contributed by atoms with Crippen LogP contribution in [0.1, 0.15) is 32.0 Å². The van der Waals surface area contributed by atoms with Crippen molar-refractivity contribution in [2.45, 2.75) is 6.92 Å². The summed E-state index contributed by atoms with van der Waals surface area (Å²) in [6.45, 7) is 1.88. The first-order valence-corrected chi connectivity index (χ1v) is 7.42. The predicted octanol–water partition coefficient (Wildman–Crippen LogP) is 3.94. The number of fused-ring (bicyclic) bond motifs is 1. The number of pyridine rings is 1. The van der Waals surface area contributed by atoms with Crippen molar-refractivity contribution in [1.29, 1.82) is 0 Å². The lowest BCUT2D eigenvalue weighted by Crippen LogP contribution is -2.04. The van der Waals surface area contributed by atoms with Crippen LogP contribution in [0.2, 0.25) is 0 Å². The van der Waals surface area contributed by atoms with Crippen molar-refractivity contribution in [1.82, 2.24) is 4.40 Å². The van der Waals surface area contributed by atoms with E-state index in [0.29, 0.717) is 16.8 Å². The smallest absolute Gasteiger partial charge is 0.337 e. The number of carbonyl (C=O) groups excluding carboxylic acids is 1. The quantitative estimate of drug-likeness (QED) is 0.722. The number of aromatic nitrogens is 1. The van der Waals surface area contributed by atoms with Gasteiger partial charge in [-0.05, 0) is 55.0 Å². The Kier molecular flexibility index (Phi) is 3.58. The van der Waals surface area contributed by atoms with Gasteiger partial charge < -0.3 is 9.51 Å². The van der Waals surface area contributed by atoms with Crippen molar-refractivity contribution in [3.05, 3.63) is 75.5 Å². The largest absolute Gasteiger partial charge is 0.478 e. The van der Waals surface area contributed by atoms with Crippen LogP contribution in [0, 0.1) is 6.92 Å². The van der Waals surface area contributed by atoms with Gasteiger partial charge in [-0.1, -0.05) is 15.9 Å². The lowest BCUT2D eigenvalue weighted by molar-refractivity contribution is 0.0699. The van der Waals surface area contributed by atoms with E-state index in [1.54, 1.807) is 40.9 Å². The summed E-state index contributed by atoms with van der Waals surface area (Å²) in [7, 11) is 0. The Morgan fingerprint density at radius 3 is 2.41 bits per heavy atom. The van der Waals surface area contributed by atoms with Crippen LogP contribution >= 0.6 is 15.9 Å². The third-order valence-electron chi connectivity index (χ3n) is 3.50. The minimum Gasteiger partial charge on any atom is -0.478 e. The fourth-order valence-electron chi connectivity index (χ4n) is 2.40. The molecule has 2 aromatic heterocycles. The normalized spacial score (nSPS) is 10.8. The van der Waals surface area contributed by atoms with E-state index in [1.807, 2.05) is 13.0 Å². The Hall–Kier alpha value is -2.40. The van der Waals surface area contributed by atoms with Crippen LogP contribution in [0.5, 0.6) is 0 Å². The molecule has 0 saturated heterocycles. The molecule has 0 amide bonds. The van der Waals surface area contributed by atoms with Gasteiger partial charge in [-0.15, -0.1) is 0 Å². The number of carbonyl (C=O) groups is 2. The van der Waals surface area contributed by atoms with E-state index in [-0.39, 0.29) is 11.3 Å². The number of nitrogens with zero attached hydrogens (tertiary/aromatic N) is 1. The van der Waals surface area contributed by atoms with Gasteiger partial charge in [0, 0.05) is 16.2 Å². The van der Waals surface area contributed by atoms with Gasteiger partial charge in [-0.25, -0.2) is 4.79 Å². The summed E-state index contributed by atoms with van der Waals surface area (Å²) in [6, 6.07) is 12.0. The van der Waals surface area contributed by atoms with E-state index < -0.39 is 5.97 Å². The van der Waals surface area contributed by atoms with Gasteiger partial charge in [0.1, 0.15) is 0 Å². The minimum absolute atomic E-state index is 0.129. The molecule has 0 unspecified atom stereocenters. The van der Waals surface area contributed by atoms with Gasteiger partial charge in [0.25, 0.3) is 0 Å². The Morgan fingerprint density at radius 1 is 1.09 bits per heavy atom. The molecule has 0 fully saturated rings. The molecule has 1 aromatic carbocycles. The molecule has 110 valence electrons. The number of carboxylic acid groups (broad SMARTS) is 1. The topological polar surface area (TPSA) is 58.8 Å². The highest BCUT2D eigenvalue weighted by Gasteiger charge is 2.20. The van der Waals surface area contributed by atoms with Crippen LogP contribution in [0.25, 0.3) is 5.52 Å². The fourth-order valence-corrected chi connectivity index (χ4v) is 2.66. The Bertz CT molecular complexity index is 894. The molecule has 5 heteroatoms. The van der Waals surface area contributed by atoms with E-state index in [4.69, 9.17) is 0 Å².